The molecule has 0 radical (unpaired) electrons. The van der Waals surface area contributed by atoms with E-state index in [0.717, 1.165) is 5.69 Å². The van der Waals surface area contributed by atoms with E-state index in [0.29, 0.717) is 13.1 Å². The highest BCUT2D eigenvalue weighted by molar-refractivity contribution is 5.48. The maximum absolute atomic E-state index is 9.88. The van der Waals surface area contributed by atoms with Crippen LogP contribution in [0.15, 0.2) is 36.7 Å². The van der Waals surface area contributed by atoms with Gasteiger partial charge in [0.25, 0.3) is 0 Å². The van der Waals surface area contributed by atoms with Crippen LogP contribution in [0, 0.1) is 13.8 Å². The molecule has 2 N–H and O–H groups in total. The van der Waals surface area contributed by atoms with Crippen LogP contribution >= 0.6 is 0 Å². The third-order valence-corrected chi connectivity index (χ3v) is 3.01. The summed E-state index contributed by atoms with van der Waals surface area (Å²) in [5.41, 5.74) is 3.57. The zero-order valence-electron chi connectivity index (χ0n) is 10.8. The van der Waals surface area contributed by atoms with Crippen LogP contribution in [0.3, 0.4) is 0 Å². The lowest BCUT2D eigenvalue weighted by Gasteiger charge is -2.13. The summed E-state index contributed by atoms with van der Waals surface area (Å²) in [6.07, 6.45) is 3.11. The summed E-state index contributed by atoms with van der Waals surface area (Å²) in [5.74, 6) is 0. The molecular formula is C14H19N3O. The number of nitrogens with zero attached hydrogens (tertiary/aromatic N) is 2. The maximum atomic E-state index is 9.88. The Hall–Kier alpha value is -1.81. The normalized spacial score (nSPS) is 12.4. The highest BCUT2D eigenvalue weighted by Crippen LogP contribution is 2.14. The Morgan fingerprint density at radius 1 is 1.33 bits per heavy atom. The first-order chi connectivity index (χ1) is 8.65. The molecule has 1 heterocycles. The zero-order valence-corrected chi connectivity index (χ0v) is 10.8. The molecule has 96 valence electrons. The minimum Gasteiger partial charge on any atom is -0.389 e. The SMILES string of the molecule is Cc1ccc(NCC(O)Cn2cccn2)cc1C. The Morgan fingerprint density at radius 3 is 2.83 bits per heavy atom. The van der Waals surface area contributed by atoms with Crippen molar-refractivity contribution >= 4 is 5.69 Å². The van der Waals surface area contributed by atoms with Crippen LogP contribution in [0.1, 0.15) is 11.1 Å². The van der Waals surface area contributed by atoms with Gasteiger partial charge in [0, 0.05) is 24.6 Å². The second-order valence-electron chi connectivity index (χ2n) is 4.56. The van der Waals surface area contributed by atoms with E-state index < -0.39 is 6.10 Å². The van der Waals surface area contributed by atoms with Gasteiger partial charge in [0.1, 0.15) is 0 Å². The first-order valence-corrected chi connectivity index (χ1v) is 6.12. The van der Waals surface area contributed by atoms with E-state index in [-0.39, 0.29) is 0 Å². The van der Waals surface area contributed by atoms with Crippen LogP contribution in [0.5, 0.6) is 0 Å². The molecule has 0 fully saturated rings. The Kier molecular flexibility index (Phi) is 3.99. The molecule has 18 heavy (non-hydrogen) atoms. The molecule has 0 aliphatic heterocycles. The second-order valence-corrected chi connectivity index (χ2v) is 4.56. The molecule has 0 spiro atoms. The predicted molar refractivity (Wildman–Crippen MR) is 72.6 cm³/mol. The topological polar surface area (TPSA) is 50.1 Å². The van der Waals surface area contributed by atoms with Gasteiger partial charge >= 0.3 is 0 Å². The number of aromatic nitrogens is 2. The fourth-order valence-electron chi connectivity index (χ4n) is 1.78. The fraction of sp³-hybridized carbons (Fsp3) is 0.357. The van der Waals surface area contributed by atoms with Crippen molar-refractivity contribution in [2.75, 3.05) is 11.9 Å². The standard InChI is InChI=1S/C14H19N3O/c1-11-4-5-13(8-12(11)2)15-9-14(18)10-17-7-3-6-16-17/h3-8,14-15,18H,9-10H2,1-2H3. The van der Waals surface area contributed by atoms with Crippen molar-refractivity contribution in [2.24, 2.45) is 0 Å². The molecule has 1 aromatic heterocycles. The van der Waals surface area contributed by atoms with Crippen LogP contribution in [-0.4, -0.2) is 27.5 Å². The molecule has 1 aromatic carbocycles. The summed E-state index contributed by atoms with van der Waals surface area (Å²) in [7, 11) is 0. The van der Waals surface area contributed by atoms with Crippen LogP contribution in [0.4, 0.5) is 5.69 Å². The number of nitrogens with one attached hydrogen (secondary N) is 1. The molecule has 2 aromatic rings. The van der Waals surface area contributed by atoms with Gasteiger partial charge in [0.15, 0.2) is 0 Å². The van der Waals surface area contributed by atoms with Gasteiger partial charge in [-0.25, -0.2) is 0 Å². The molecule has 0 saturated heterocycles. The number of anilines is 1. The van der Waals surface area contributed by atoms with Crippen LogP contribution in [-0.2, 0) is 6.54 Å². The zero-order chi connectivity index (χ0) is 13.0. The lowest BCUT2D eigenvalue weighted by atomic mass is 10.1. The van der Waals surface area contributed by atoms with E-state index in [4.69, 9.17) is 0 Å². The van der Waals surface area contributed by atoms with Gasteiger partial charge < -0.3 is 10.4 Å². The molecule has 4 nitrogen and oxygen atoms in total. The summed E-state index contributed by atoms with van der Waals surface area (Å²) in [5, 5.41) is 17.2. The summed E-state index contributed by atoms with van der Waals surface area (Å²) in [6.45, 7) is 5.19. The molecule has 4 heteroatoms. The molecule has 0 bridgehead atoms. The number of benzene rings is 1. The monoisotopic (exact) mass is 245 g/mol. The van der Waals surface area contributed by atoms with Gasteiger partial charge in [-0.3, -0.25) is 4.68 Å². The number of aryl methyl sites for hydroxylation is 2. The summed E-state index contributed by atoms with van der Waals surface area (Å²) >= 11 is 0. The van der Waals surface area contributed by atoms with Gasteiger partial charge in [-0.2, -0.15) is 5.10 Å². The summed E-state index contributed by atoms with van der Waals surface area (Å²) in [6, 6.07) is 8.06. The van der Waals surface area contributed by atoms with Gasteiger partial charge in [-0.05, 0) is 43.2 Å². The number of aliphatic hydroxyl groups is 1. The van der Waals surface area contributed by atoms with Crippen molar-refractivity contribution in [3.05, 3.63) is 47.8 Å². The predicted octanol–water partition coefficient (Wildman–Crippen LogP) is 1.97. The smallest absolute Gasteiger partial charge is 0.0907 e. The van der Waals surface area contributed by atoms with Crippen molar-refractivity contribution in [3.8, 4) is 0 Å². The summed E-state index contributed by atoms with van der Waals surface area (Å²) < 4.78 is 1.73. The number of hydrogen-bond acceptors (Lipinski definition) is 3. The van der Waals surface area contributed by atoms with Crippen molar-refractivity contribution < 1.29 is 5.11 Å². The lowest BCUT2D eigenvalue weighted by Crippen LogP contribution is -2.25. The quantitative estimate of drug-likeness (QED) is 0.846. The van der Waals surface area contributed by atoms with Crippen molar-refractivity contribution in [1.29, 1.82) is 0 Å². The second kappa shape index (κ2) is 5.69. The van der Waals surface area contributed by atoms with Gasteiger partial charge in [-0.1, -0.05) is 6.07 Å². The van der Waals surface area contributed by atoms with E-state index >= 15 is 0 Å². The minimum atomic E-state index is -0.452. The van der Waals surface area contributed by atoms with E-state index in [1.54, 1.807) is 10.9 Å². The molecule has 2 rings (SSSR count). The number of hydrogen-bond donors (Lipinski definition) is 2. The van der Waals surface area contributed by atoms with E-state index in [1.807, 2.05) is 18.3 Å². The highest BCUT2D eigenvalue weighted by atomic mass is 16.3. The van der Waals surface area contributed by atoms with Crippen molar-refractivity contribution in [2.45, 2.75) is 26.5 Å². The molecule has 1 unspecified atom stereocenters. The molecule has 0 aliphatic rings. The summed E-state index contributed by atoms with van der Waals surface area (Å²) in [4.78, 5) is 0. The molecule has 1 atom stereocenters. The van der Waals surface area contributed by atoms with Crippen LogP contribution < -0.4 is 5.32 Å². The Morgan fingerprint density at radius 2 is 2.17 bits per heavy atom. The highest BCUT2D eigenvalue weighted by Gasteiger charge is 2.05. The third-order valence-electron chi connectivity index (χ3n) is 3.01. The van der Waals surface area contributed by atoms with E-state index in [9.17, 15) is 5.11 Å². The van der Waals surface area contributed by atoms with E-state index in [2.05, 4.69) is 36.4 Å². The molecule has 0 amide bonds. The van der Waals surface area contributed by atoms with Crippen molar-refractivity contribution in [3.63, 3.8) is 0 Å². The number of aliphatic hydroxyl groups excluding tert-OH is 1. The first-order valence-electron chi connectivity index (χ1n) is 6.12. The number of rotatable bonds is 5. The Bertz CT molecular complexity index is 494. The fourth-order valence-corrected chi connectivity index (χ4v) is 1.78. The van der Waals surface area contributed by atoms with Crippen LogP contribution in [0.25, 0.3) is 0 Å². The molecular weight excluding hydrogens is 226 g/mol. The Labute approximate surface area is 107 Å². The minimum absolute atomic E-state index is 0.452. The first kappa shape index (κ1) is 12.6. The lowest BCUT2D eigenvalue weighted by molar-refractivity contribution is 0.161. The largest absolute Gasteiger partial charge is 0.389 e. The van der Waals surface area contributed by atoms with Crippen LogP contribution in [0.2, 0.25) is 0 Å². The van der Waals surface area contributed by atoms with Gasteiger partial charge in [0.2, 0.25) is 0 Å². The average Bonchev–Trinajstić information content (AvgIpc) is 2.83. The molecule has 0 aliphatic carbocycles. The Balaban J connectivity index is 1.85. The van der Waals surface area contributed by atoms with E-state index in [1.165, 1.54) is 11.1 Å². The maximum Gasteiger partial charge on any atom is 0.0907 e. The van der Waals surface area contributed by atoms with Gasteiger partial charge in [0.05, 0.1) is 12.6 Å². The van der Waals surface area contributed by atoms with Gasteiger partial charge in [-0.15, -0.1) is 0 Å². The third kappa shape index (κ3) is 3.34. The average molecular weight is 245 g/mol. The molecule has 0 saturated carbocycles. The van der Waals surface area contributed by atoms with Crippen molar-refractivity contribution in [1.82, 2.24) is 9.78 Å².